The molecule has 0 spiro atoms. The van der Waals surface area contributed by atoms with Crippen LogP contribution in [0.15, 0.2) is 42.5 Å². The molecule has 2 aliphatic rings. The second kappa shape index (κ2) is 11.4. The minimum absolute atomic E-state index is 0.0563. The summed E-state index contributed by atoms with van der Waals surface area (Å²) in [4.78, 5) is 50.0. The van der Waals surface area contributed by atoms with Crippen molar-refractivity contribution >= 4 is 35.3 Å². The Balaban J connectivity index is 1.37. The predicted molar refractivity (Wildman–Crippen MR) is 128 cm³/mol. The lowest BCUT2D eigenvalue weighted by Gasteiger charge is -2.24. The smallest absolute Gasteiger partial charge is 0.414 e. The van der Waals surface area contributed by atoms with Crippen LogP contribution >= 0.6 is 0 Å². The van der Waals surface area contributed by atoms with Crippen LogP contribution in [0, 0.1) is 5.82 Å². The summed E-state index contributed by atoms with van der Waals surface area (Å²) in [5, 5.41) is 12.4. The van der Waals surface area contributed by atoms with Gasteiger partial charge in [0.1, 0.15) is 11.9 Å². The lowest BCUT2D eigenvalue weighted by molar-refractivity contribution is -0.132. The van der Waals surface area contributed by atoms with Crippen molar-refractivity contribution in [3.63, 3.8) is 0 Å². The van der Waals surface area contributed by atoms with Gasteiger partial charge in [-0.1, -0.05) is 0 Å². The highest BCUT2D eigenvalue weighted by molar-refractivity contribution is 5.95. The molecule has 202 valence electrons. The van der Waals surface area contributed by atoms with Crippen LogP contribution in [0.5, 0.6) is 0 Å². The molecule has 0 unspecified atom stereocenters. The molecule has 0 bridgehead atoms. The quantitative estimate of drug-likeness (QED) is 0.488. The minimum atomic E-state index is -3.19. The van der Waals surface area contributed by atoms with Crippen molar-refractivity contribution < 1.29 is 42.2 Å². The number of ether oxygens (including phenoxy) is 1. The molecule has 11 nitrogen and oxygen atoms in total. The molecule has 0 aliphatic carbocycles. The number of carbonyl (C=O) groups excluding carboxylic acids is 3. The first-order chi connectivity index (χ1) is 18.1. The highest BCUT2D eigenvalue weighted by atomic mass is 19.3. The molecule has 0 radical (unpaired) electrons. The van der Waals surface area contributed by atoms with E-state index in [0.717, 1.165) is 11.0 Å². The summed E-state index contributed by atoms with van der Waals surface area (Å²) in [6.45, 7) is 0.844. The molecular formula is C24H24F3N5O6. The molecule has 1 atom stereocenters. The number of hydrogen-bond donors (Lipinski definition) is 3. The Bertz CT molecular complexity index is 1230. The lowest BCUT2D eigenvalue weighted by Crippen LogP contribution is -2.43. The number of cyclic esters (lactones) is 1. The minimum Gasteiger partial charge on any atom is -0.478 e. The second-order valence-electron chi connectivity index (χ2n) is 8.53. The second-order valence-corrected chi connectivity index (χ2v) is 8.53. The van der Waals surface area contributed by atoms with Gasteiger partial charge in [-0.15, -0.1) is 0 Å². The van der Waals surface area contributed by atoms with Crippen molar-refractivity contribution in [2.75, 3.05) is 49.1 Å². The molecule has 2 heterocycles. The zero-order valence-corrected chi connectivity index (χ0v) is 19.9. The summed E-state index contributed by atoms with van der Waals surface area (Å²) < 4.78 is 44.9. The number of benzene rings is 2. The van der Waals surface area contributed by atoms with E-state index in [-0.39, 0.29) is 42.5 Å². The van der Waals surface area contributed by atoms with Crippen LogP contribution in [0.25, 0.3) is 0 Å². The van der Waals surface area contributed by atoms with E-state index in [4.69, 9.17) is 9.84 Å². The molecular weight excluding hydrogens is 511 g/mol. The molecule has 2 fully saturated rings. The van der Waals surface area contributed by atoms with E-state index in [1.54, 1.807) is 4.90 Å². The van der Waals surface area contributed by atoms with Gasteiger partial charge < -0.3 is 20.1 Å². The van der Waals surface area contributed by atoms with Crippen molar-refractivity contribution in [3.05, 3.63) is 59.4 Å². The predicted octanol–water partition coefficient (Wildman–Crippen LogP) is 1.70. The van der Waals surface area contributed by atoms with E-state index >= 15 is 4.39 Å². The van der Waals surface area contributed by atoms with Crippen LogP contribution in [-0.2, 0) is 9.53 Å². The monoisotopic (exact) mass is 535 g/mol. The maximum Gasteiger partial charge on any atom is 0.414 e. The standard InChI is InChI=1S/C24H24F3N5O6/c25-18-11-16(31-13-17(38-24(31)37)12-28-21(33)20(26)27)5-6-19(18)30-8-7-29-32(10-9-30)22(34)14-1-3-15(4-2-14)23(35)36/h1-6,11,17,20,29H,7-10,12-13H2,(H,28,33)(H,35,36)/t17-/m0/s1. The Labute approximate surface area is 214 Å². The van der Waals surface area contributed by atoms with E-state index in [2.05, 4.69) is 5.43 Å². The topological polar surface area (TPSA) is 132 Å². The van der Waals surface area contributed by atoms with Crippen LogP contribution in [0.3, 0.4) is 0 Å². The third kappa shape index (κ3) is 5.96. The van der Waals surface area contributed by atoms with Crippen LogP contribution in [0.1, 0.15) is 20.7 Å². The zero-order valence-electron chi connectivity index (χ0n) is 19.9. The number of carbonyl (C=O) groups is 4. The van der Waals surface area contributed by atoms with Crippen LogP contribution < -0.4 is 20.5 Å². The van der Waals surface area contributed by atoms with Gasteiger partial charge in [0.2, 0.25) is 0 Å². The summed E-state index contributed by atoms with van der Waals surface area (Å²) in [5.74, 6) is -3.54. The Hall–Kier alpha value is -4.33. The summed E-state index contributed by atoms with van der Waals surface area (Å²) >= 11 is 0. The summed E-state index contributed by atoms with van der Waals surface area (Å²) in [5.41, 5.74) is 3.81. The summed E-state index contributed by atoms with van der Waals surface area (Å²) in [6, 6.07) is 9.70. The van der Waals surface area contributed by atoms with Gasteiger partial charge in [-0.05, 0) is 42.5 Å². The zero-order chi connectivity index (χ0) is 27.4. The molecule has 0 aromatic heterocycles. The maximum absolute atomic E-state index is 15.1. The van der Waals surface area contributed by atoms with E-state index < -0.39 is 36.3 Å². The van der Waals surface area contributed by atoms with Crippen molar-refractivity contribution in [3.8, 4) is 0 Å². The highest BCUT2D eigenvalue weighted by Crippen LogP contribution is 2.28. The number of hydrogen-bond acceptors (Lipinski definition) is 7. The Morgan fingerprint density at radius 3 is 2.45 bits per heavy atom. The average molecular weight is 535 g/mol. The molecule has 38 heavy (non-hydrogen) atoms. The number of rotatable bonds is 7. The SMILES string of the molecule is O=C(O)c1ccc(C(=O)N2CCN(c3ccc(N4C[C@H](CNC(=O)C(F)F)OC4=O)cc3F)CCN2)cc1. The third-order valence-corrected chi connectivity index (χ3v) is 6.06. The number of carboxylic acids is 1. The first-order valence-corrected chi connectivity index (χ1v) is 11.6. The van der Waals surface area contributed by atoms with Gasteiger partial charge in [-0.3, -0.25) is 19.5 Å². The molecule has 0 saturated carbocycles. The molecule has 14 heteroatoms. The molecule has 3 amide bonds. The first-order valence-electron chi connectivity index (χ1n) is 11.6. The van der Waals surface area contributed by atoms with Crippen LogP contribution in [0.4, 0.5) is 29.3 Å². The number of anilines is 2. The Morgan fingerprint density at radius 1 is 1.08 bits per heavy atom. The fraction of sp³-hybridized carbons (Fsp3) is 0.333. The first kappa shape index (κ1) is 26.7. The Morgan fingerprint density at radius 2 is 1.79 bits per heavy atom. The number of aromatic carboxylic acids is 1. The number of hydrazine groups is 1. The number of carboxylic acid groups (broad SMARTS) is 1. The van der Waals surface area contributed by atoms with E-state index in [9.17, 15) is 28.0 Å². The number of alkyl halides is 2. The number of nitrogens with one attached hydrogen (secondary N) is 2. The average Bonchev–Trinajstić information content (AvgIpc) is 3.10. The highest BCUT2D eigenvalue weighted by Gasteiger charge is 2.33. The molecule has 2 aromatic carbocycles. The normalized spacial score (nSPS) is 17.8. The summed E-state index contributed by atoms with van der Waals surface area (Å²) in [6.07, 6.45) is -4.85. The molecule has 2 saturated heterocycles. The van der Waals surface area contributed by atoms with Crippen LogP contribution in [0.2, 0.25) is 0 Å². The van der Waals surface area contributed by atoms with E-state index in [1.165, 1.54) is 41.4 Å². The Kier molecular flexibility index (Phi) is 8.00. The van der Waals surface area contributed by atoms with Gasteiger partial charge in [0.25, 0.3) is 11.8 Å². The number of halogens is 3. The van der Waals surface area contributed by atoms with Gasteiger partial charge in [0.15, 0.2) is 0 Å². The third-order valence-electron chi connectivity index (χ3n) is 6.06. The van der Waals surface area contributed by atoms with Crippen molar-refractivity contribution in [1.82, 2.24) is 15.8 Å². The fourth-order valence-electron chi connectivity index (χ4n) is 4.11. The van der Waals surface area contributed by atoms with Gasteiger partial charge in [-0.2, -0.15) is 8.78 Å². The molecule has 4 rings (SSSR count). The molecule has 3 N–H and O–H groups in total. The van der Waals surface area contributed by atoms with Crippen LogP contribution in [-0.4, -0.2) is 85.8 Å². The van der Waals surface area contributed by atoms with E-state index in [1.807, 2.05) is 5.32 Å². The van der Waals surface area contributed by atoms with Crippen molar-refractivity contribution in [2.45, 2.75) is 12.5 Å². The summed E-state index contributed by atoms with van der Waals surface area (Å²) in [7, 11) is 0. The van der Waals surface area contributed by atoms with Crippen molar-refractivity contribution in [1.29, 1.82) is 0 Å². The van der Waals surface area contributed by atoms with Gasteiger partial charge in [-0.25, -0.2) is 19.4 Å². The lowest BCUT2D eigenvalue weighted by atomic mass is 10.1. The van der Waals surface area contributed by atoms with Gasteiger partial charge >= 0.3 is 18.5 Å². The number of nitrogens with zero attached hydrogens (tertiary/aromatic N) is 3. The molecule has 2 aliphatic heterocycles. The fourth-order valence-corrected chi connectivity index (χ4v) is 4.11. The van der Waals surface area contributed by atoms with Gasteiger partial charge in [0, 0.05) is 25.2 Å². The van der Waals surface area contributed by atoms with Gasteiger partial charge in [0.05, 0.1) is 36.6 Å². The van der Waals surface area contributed by atoms with Crippen molar-refractivity contribution in [2.24, 2.45) is 0 Å². The maximum atomic E-state index is 15.1. The number of amides is 3. The largest absolute Gasteiger partial charge is 0.478 e. The van der Waals surface area contributed by atoms with E-state index in [0.29, 0.717) is 25.2 Å². The molecule has 2 aromatic rings.